The van der Waals surface area contributed by atoms with E-state index in [0.717, 1.165) is 10.7 Å². The van der Waals surface area contributed by atoms with Crippen LogP contribution in [0, 0.1) is 17.7 Å². The summed E-state index contributed by atoms with van der Waals surface area (Å²) < 4.78 is 13.4. The number of halogens is 1. The van der Waals surface area contributed by atoms with Gasteiger partial charge >= 0.3 is 0 Å². The SMILES string of the molecule is CSCC[C@@H]1N[C@]2(C(=O)Nc3ccccc32)[C@H]2C(=O)N(c3ccc(F)cc3)C(=O)[C@H]12. The number of amides is 3. The van der Waals surface area contributed by atoms with Gasteiger partial charge in [0.05, 0.1) is 17.5 Å². The molecule has 2 aromatic rings. The fraction of sp³-hybridized carbons (Fsp3) is 0.318. The molecule has 3 amide bonds. The normalized spacial score (nSPS) is 29.5. The summed E-state index contributed by atoms with van der Waals surface area (Å²) in [6.07, 6.45) is 2.63. The summed E-state index contributed by atoms with van der Waals surface area (Å²) in [6, 6.07) is 12.2. The Kier molecular flexibility index (Phi) is 4.44. The zero-order chi connectivity index (χ0) is 21.0. The zero-order valence-electron chi connectivity index (χ0n) is 16.2. The van der Waals surface area contributed by atoms with Crippen LogP contribution in [-0.2, 0) is 19.9 Å². The van der Waals surface area contributed by atoms with Crippen molar-refractivity contribution in [3.8, 4) is 0 Å². The average molecular weight is 425 g/mol. The maximum absolute atomic E-state index is 13.6. The van der Waals surface area contributed by atoms with Crippen molar-refractivity contribution < 1.29 is 18.8 Å². The Balaban J connectivity index is 1.64. The van der Waals surface area contributed by atoms with E-state index in [1.807, 2.05) is 24.5 Å². The first-order chi connectivity index (χ1) is 14.5. The highest BCUT2D eigenvalue weighted by atomic mass is 32.2. The third kappa shape index (κ3) is 2.50. The average Bonchev–Trinajstić information content (AvgIpc) is 3.32. The molecule has 0 aliphatic carbocycles. The number of fused-ring (bicyclic) bond motifs is 4. The Bertz CT molecular complexity index is 1060. The van der Waals surface area contributed by atoms with Crippen LogP contribution in [0.4, 0.5) is 15.8 Å². The molecule has 3 heterocycles. The number of hydrogen-bond acceptors (Lipinski definition) is 5. The predicted molar refractivity (Wildman–Crippen MR) is 113 cm³/mol. The van der Waals surface area contributed by atoms with Gasteiger partial charge in [0, 0.05) is 17.3 Å². The summed E-state index contributed by atoms with van der Waals surface area (Å²) in [5, 5.41) is 6.28. The second-order valence-corrected chi connectivity index (χ2v) is 8.82. The van der Waals surface area contributed by atoms with E-state index in [1.165, 1.54) is 24.3 Å². The molecular weight excluding hydrogens is 405 g/mol. The lowest BCUT2D eigenvalue weighted by molar-refractivity contribution is -0.130. The maximum Gasteiger partial charge on any atom is 0.250 e. The largest absolute Gasteiger partial charge is 0.324 e. The van der Waals surface area contributed by atoms with Gasteiger partial charge in [-0.3, -0.25) is 19.7 Å². The summed E-state index contributed by atoms with van der Waals surface area (Å²) in [5.74, 6) is -2.26. The van der Waals surface area contributed by atoms with E-state index in [0.29, 0.717) is 23.4 Å². The second-order valence-electron chi connectivity index (χ2n) is 7.83. The van der Waals surface area contributed by atoms with Gasteiger partial charge in [-0.2, -0.15) is 11.8 Å². The quantitative estimate of drug-likeness (QED) is 0.736. The van der Waals surface area contributed by atoms with Gasteiger partial charge in [0.2, 0.25) is 17.7 Å². The van der Waals surface area contributed by atoms with Crippen molar-refractivity contribution in [2.24, 2.45) is 11.8 Å². The Labute approximate surface area is 177 Å². The van der Waals surface area contributed by atoms with Crippen molar-refractivity contribution in [1.29, 1.82) is 0 Å². The predicted octanol–water partition coefficient (Wildman–Crippen LogP) is 2.50. The minimum atomic E-state index is -1.29. The van der Waals surface area contributed by atoms with Crippen molar-refractivity contribution in [3.63, 3.8) is 0 Å². The molecule has 0 bridgehead atoms. The standard InChI is InChI=1S/C22H20FN3O3S/c1-30-11-10-16-17-18(20(28)26(19(17)27)13-8-6-12(23)7-9-13)22(25-16)14-4-2-3-5-15(14)24-21(22)29/h2-9,16-18,25H,10-11H2,1H3,(H,24,29)/t16-,17+,18+,22-/m0/s1. The summed E-state index contributed by atoms with van der Waals surface area (Å²) >= 11 is 1.65. The van der Waals surface area contributed by atoms with Crippen LogP contribution in [0.15, 0.2) is 48.5 Å². The van der Waals surface area contributed by atoms with E-state index in [2.05, 4.69) is 10.6 Å². The van der Waals surface area contributed by atoms with E-state index in [-0.39, 0.29) is 17.9 Å². The van der Waals surface area contributed by atoms with E-state index in [1.54, 1.807) is 17.8 Å². The molecular formula is C22H20FN3O3S. The number of anilines is 2. The van der Waals surface area contributed by atoms with Crippen LogP contribution in [0.5, 0.6) is 0 Å². The Hall–Kier alpha value is -2.71. The molecule has 5 rings (SSSR count). The van der Waals surface area contributed by atoms with Gasteiger partial charge in [0.25, 0.3) is 0 Å². The second kappa shape index (κ2) is 6.92. The molecule has 3 aliphatic rings. The van der Waals surface area contributed by atoms with Crippen LogP contribution in [-0.4, -0.2) is 35.8 Å². The van der Waals surface area contributed by atoms with Crippen molar-refractivity contribution >= 4 is 40.9 Å². The monoisotopic (exact) mass is 425 g/mol. The molecule has 1 spiro atoms. The maximum atomic E-state index is 13.6. The number of nitrogens with zero attached hydrogens (tertiary/aromatic N) is 1. The number of carbonyl (C=O) groups excluding carboxylic acids is 3. The van der Waals surface area contributed by atoms with Crippen molar-refractivity contribution in [1.82, 2.24) is 5.32 Å². The lowest BCUT2D eigenvalue weighted by Crippen LogP contribution is -2.53. The number of para-hydroxylation sites is 1. The van der Waals surface area contributed by atoms with Crippen LogP contribution in [0.25, 0.3) is 0 Å². The van der Waals surface area contributed by atoms with Crippen LogP contribution in [0.3, 0.4) is 0 Å². The van der Waals surface area contributed by atoms with Crippen LogP contribution in [0.1, 0.15) is 12.0 Å². The highest BCUT2D eigenvalue weighted by Gasteiger charge is 2.70. The number of imide groups is 1. The fourth-order valence-corrected chi connectivity index (χ4v) is 5.59. The van der Waals surface area contributed by atoms with Gasteiger partial charge in [0.1, 0.15) is 11.4 Å². The van der Waals surface area contributed by atoms with Crippen LogP contribution in [0.2, 0.25) is 0 Å². The molecule has 30 heavy (non-hydrogen) atoms. The van der Waals surface area contributed by atoms with Crippen molar-refractivity contribution in [2.45, 2.75) is 18.0 Å². The van der Waals surface area contributed by atoms with Gasteiger partial charge in [-0.05, 0) is 48.8 Å². The molecule has 2 N–H and O–H groups in total. The summed E-state index contributed by atoms with van der Waals surface area (Å²) in [7, 11) is 0. The number of benzene rings is 2. The van der Waals surface area contributed by atoms with E-state index < -0.39 is 29.1 Å². The molecule has 2 saturated heterocycles. The van der Waals surface area contributed by atoms with Gasteiger partial charge < -0.3 is 5.32 Å². The van der Waals surface area contributed by atoms with Gasteiger partial charge in [-0.15, -0.1) is 0 Å². The van der Waals surface area contributed by atoms with Crippen molar-refractivity contribution in [2.75, 3.05) is 22.2 Å². The fourth-order valence-electron chi connectivity index (χ4n) is 5.10. The van der Waals surface area contributed by atoms with E-state index in [9.17, 15) is 18.8 Å². The lowest BCUT2D eigenvalue weighted by Gasteiger charge is -2.29. The van der Waals surface area contributed by atoms with Crippen LogP contribution < -0.4 is 15.5 Å². The first-order valence-electron chi connectivity index (χ1n) is 9.80. The first kappa shape index (κ1) is 19.3. The first-order valence-corrected chi connectivity index (χ1v) is 11.2. The third-order valence-corrected chi connectivity index (χ3v) is 6.98. The highest BCUT2D eigenvalue weighted by Crippen LogP contribution is 2.53. The Morgan fingerprint density at radius 2 is 1.80 bits per heavy atom. The molecule has 4 atom stereocenters. The number of nitrogens with one attached hydrogen (secondary N) is 2. The summed E-state index contributed by atoms with van der Waals surface area (Å²) in [6.45, 7) is 0. The smallest absolute Gasteiger partial charge is 0.250 e. The van der Waals surface area contributed by atoms with Crippen molar-refractivity contribution in [3.05, 3.63) is 59.9 Å². The molecule has 2 fully saturated rings. The minimum Gasteiger partial charge on any atom is -0.324 e. The number of hydrogen-bond donors (Lipinski definition) is 2. The molecule has 154 valence electrons. The molecule has 0 aromatic heterocycles. The van der Waals surface area contributed by atoms with E-state index >= 15 is 0 Å². The lowest BCUT2D eigenvalue weighted by atomic mass is 9.76. The van der Waals surface area contributed by atoms with Crippen LogP contribution >= 0.6 is 11.8 Å². The Morgan fingerprint density at radius 1 is 1.07 bits per heavy atom. The molecule has 0 radical (unpaired) electrons. The summed E-state index contributed by atoms with van der Waals surface area (Å²) in [4.78, 5) is 41.4. The molecule has 0 unspecified atom stereocenters. The molecule has 6 nitrogen and oxygen atoms in total. The Morgan fingerprint density at radius 3 is 2.53 bits per heavy atom. The molecule has 0 saturated carbocycles. The summed E-state index contributed by atoms with van der Waals surface area (Å²) in [5.41, 5.74) is 0.385. The van der Waals surface area contributed by atoms with E-state index in [4.69, 9.17) is 0 Å². The molecule has 8 heteroatoms. The third-order valence-electron chi connectivity index (χ3n) is 6.34. The zero-order valence-corrected chi connectivity index (χ0v) is 17.0. The van der Waals surface area contributed by atoms with Gasteiger partial charge in [0.15, 0.2) is 0 Å². The highest BCUT2D eigenvalue weighted by molar-refractivity contribution is 7.98. The molecule has 3 aliphatic heterocycles. The minimum absolute atomic E-state index is 0.313. The molecule has 2 aromatic carbocycles. The van der Waals surface area contributed by atoms with Gasteiger partial charge in [-0.25, -0.2) is 9.29 Å². The van der Waals surface area contributed by atoms with Gasteiger partial charge in [-0.1, -0.05) is 18.2 Å². The number of carbonyl (C=O) groups is 3. The topological polar surface area (TPSA) is 78.5 Å². The number of thioether (sulfide) groups is 1. The number of rotatable bonds is 4.